The number of rotatable bonds is 11. The number of thiazole rings is 1. The number of carbonyl (C=O) groups excluding carboxylic acids is 4. The molecule has 13 heteroatoms. The maximum atomic E-state index is 13.6. The van der Waals surface area contributed by atoms with Crippen molar-refractivity contribution in [1.29, 1.82) is 0 Å². The predicted octanol–water partition coefficient (Wildman–Crippen LogP) is 7.98. The van der Waals surface area contributed by atoms with Gasteiger partial charge in [-0.3, -0.25) is 29.4 Å². The van der Waals surface area contributed by atoms with Gasteiger partial charge in [0.05, 0.1) is 26.4 Å². The number of aliphatic hydroxyl groups is 1. The van der Waals surface area contributed by atoms with Gasteiger partial charge in [0.2, 0.25) is 11.8 Å². The van der Waals surface area contributed by atoms with Crippen molar-refractivity contribution >= 4 is 62.3 Å². The van der Waals surface area contributed by atoms with Crippen molar-refractivity contribution in [2.45, 2.75) is 109 Å². The number of imide groups is 1. The first-order valence-electron chi connectivity index (χ1n) is 22.1. The number of aromatic nitrogens is 2. The normalized spacial score (nSPS) is 23.3. The van der Waals surface area contributed by atoms with Crippen molar-refractivity contribution in [3.8, 4) is 0 Å². The standard InChI is InChI=1S/C48H57N7O5S/c1-28-7-5-10-36(50-28)43(57)51-37-24-40-38(23-34(37)47(3,4)60)52-45(61-40)32-13-11-30(12-14-32)27-54-21-18-48(19-22-54)25-31(26-48)17-20-49-35-9-6-8-33-29(2)55(46(59)42(33)35)39-15-16-41(56)53-44(39)58/h5-10,23-24,30-32,39,49,60H,2,11-22,25-27H2,1,3-4H3,(H,51,57)(H,53,56,58)/t30-,32-,39?. The van der Waals surface area contributed by atoms with Gasteiger partial charge in [0.1, 0.15) is 11.7 Å². The average molecular weight is 844 g/mol. The predicted molar refractivity (Wildman–Crippen MR) is 238 cm³/mol. The van der Waals surface area contributed by atoms with E-state index in [1.165, 1.54) is 63.1 Å². The van der Waals surface area contributed by atoms with Gasteiger partial charge in [0.25, 0.3) is 11.8 Å². The summed E-state index contributed by atoms with van der Waals surface area (Å²) in [4.78, 5) is 64.7. The molecule has 1 atom stereocenters. The minimum Gasteiger partial charge on any atom is -0.386 e. The van der Waals surface area contributed by atoms with Gasteiger partial charge in [-0.2, -0.15) is 0 Å². The molecule has 4 fully saturated rings. The van der Waals surface area contributed by atoms with Crippen LogP contribution < -0.4 is 16.0 Å². The highest BCUT2D eigenvalue weighted by Gasteiger charge is 2.46. The van der Waals surface area contributed by atoms with Crippen LogP contribution in [-0.4, -0.2) is 80.7 Å². The Morgan fingerprint density at radius 2 is 1.74 bits per heavy atom. The molecule has 2 saturated heterocycles. The molecule has 2 aliphatic carbocycles. The molecule has 4 aromatic rings. The Morgan fingerprint density at radius 1 is 0.984 bits per heavy atom. The van der Waals surface area contributed by atoms with Crippen LogP contribution >= 0.6 is 11.3 Å². The van der Waals surface area contributed by atoms with Gasteiger partial charge in [-0.05, 0) is 146 Å². The van der Waals surface area contributed by atoms with E-state index in [2.05, 4.69) is 32.4 Å². The van der Waals surface area contributed by atoms with E-state index in [9.17, 15) is 24.3 Å². The molecular weight excluding hydrogens is 787 g/mol. The summed E-state index contributed by atoms with van der Waals surface area (Å²) in [5, 5.41) is 21.1. The molecule has 1 unspecified atom stereocenters. The van der Waals surface area contributed by atoms with Gasteiger partial charge in [0, 0.05) is 59.3 Å². The molecule has 5 heterocycles. The molecule has 3 aliphatic heterocycles. The third-order valence-corrected chi connectivity index (χ3v) is 15.3. The summed E-state index contributed by atoms with van der Waals surface area (Å²) in [6, 6.07) is 14.3. The van der Waals surface area contributed by atoms with Gasteiger partial charge in [-0.1, -0.05) is 24.8 Å². The van der Waals surface area contributed by atoms with E-state index in [0.717, 1.165) is 58.0 Å². The van der Waals surface area contributed by atoms with Gasteiger partial charge in [-0.25, -0.2) is 9.97 Å². The zero-order valence-corrected chi connectivity index (χ0v) is 36.3. The lowest BCUT2D eigenvalue weighted by Gasteiger charge is -2.53. The number of hydrogen-bond acceptors (Lipinski definition) is 10. The van der Waals surface area contributed by atoms with E-state index in [1.54, 1.807) is 31.3 Å². The Bertz CT molecular complexity index is 2400. The molecule has 0 radical (unpaired) electrons. The van der Waals surface area contributed by atoms with E-state index in [0.29, 0.717) is 57.8 Å². The van der Waals surface area contributed by atoms with Gasteiger partial charge in [-0.15, -0.1) is 11.3 Å². The first kappa shape index (κ1) is 41.4. The fraction of sp³-hybridized carbons (Fsp3) is 0.500. The summed E-state index contributed by atoms with van der Waals surface area (Å²) in [7, 11) is 0. The second-order valence-electron chi connectivity index (χ2n) is 18.9. The van der Waals surface area contributed by atoms with E-state index in [4.69, 9.17) is 4.98 Å². The zero-order chi connectivity index (χ0) is 42.6. The highest BCUT2D eigenvalue weighted by atomic mass is 32.1. The lowest BCUT2D eigenvalue weighted by atomic mass is 9.57. The molecule has 61 heavy (non-hydrogen) atoms. The summed E-state index contributed by atoms with van der Waals surface area (Å²) in [5.41, 5.74) is 5.12. The lowest BCUT2D eigenvalue weighted by Crippen LogP contribution is -2.52. The maximum Gasteiger partial charge on any atom is 0.274 e. The van der Waals surface area contributed by atoms with Crippen LogP contribution in [-0.2, 0) is 15.2 Å². The van der Waals surface area contributed by atoms with Crippen LogP contribution in [0.15, 0.2) is 55.1 Å². The summed E-state index contributed by atoms with van der Waals surface area (Å²) >= 11 is 1.71. The van der Waals surface area contributed by atoms with Gasteiger partial charge >= 0.3 is 0 Å². The molecule has 2 aromatic heterocycles. The van der Waals surface area contributed by atoms with Crippen molar-refractivity contribution in [3.05, 3.63) is 88.2 Å². The highest BCUT2D eigenvalue weighted by molar-refractivity contribution is 7.18. The number of nitrogens with zero attached hydrogens (tertiary/aromatic N) is 4. The molecule has 5 aliphatic rings. The molecule has 4 N–H and O–H groups in total. The summed E-state index contributed by atoms with van der Waals surface area (Å²) in [5.74, 6) is 0.539. The minimum absolute atomic E-state index is 0.207. The number of piperidine rings is 2. The molecule has 1 spiro atoms. The Balaban J connectivity index is 0.726. The molecule has 12 nitrogen and oxygen atoms in total. The van der Waals surface area contributed by atoms with Crippen molar-refractivity contribution in [2.75, 3.05) is 36.8 Å². The Morgan fingerprint density at radius 3 is 2.46 bits per heavy atom. The first-order valence-corrected chi connectivity index (χ1v) is 22.9. The minimum atomic E-state index is -1.16. The van der Waals surface area contributed by atoms with Crippen LogP contribution in [0, 0.1) is 24.2 Å². The van der Waals surface area contributed by atoms with Crippen LogP contribution in [0.4, 0.5) is 11.4 Å². The number of benzene rings is 2. The molecule has 9 rings (SSSR count). The second-order valence-corrected chi connectivity index (χ2v) is 20.0. The largest absolute Gasteiger partial charge is 0.386 e. The first-order chi connectivity index (χ1) is 29.2. The SMILES string of the molecule is C=C1c2cccc(NCCC3CC4(CCN(C[C@H]5CC[C@H](c6nc7cc(C(C)(C)O)c(NC(=O)c8cccc(C)n8)cc7s6)CC5)CC4)C3)c2C(=O)N1C1CCC(=O)NC1=O. The fourth-order valence-electron chi connectivity index (χ4n) is 10.8. The number of nitrogens with one attached hydrogen (secondary N) is 3. The highest BCUT2D eigenvalue weighted by Crippen LogP contribution is 2.54. The third-order valence-electron chi connectivity index (χ3n) is 14.1. The van der Waals surface area contributed by atoms with Crippen molar-refractivity contribution in [1.82, 2.24) is 25.1 Å². The van der Waals surface area contributed by atoms with Crippen LogP contribution in [0.5, 0.6) is 0 Å². The van der Waals surface area contributed by atoms with Crippen LogP contribution in [0.25, 0.3) is 15.9 Å². The summed E-state index contributed by atoms with van der Waals surface area (Å²) in [6.07, 6.45) is 11.3. The molecule has 320 valence electrons. The third kappa shape index (κ3) is 8.36. The smallest absolute Gasteiger partial charge is 0.274 e. The maximum absolute atomic E-state index is 13.6. The van der Waals surface area contributed by atoms with Crippen molar-refractivity contribution < 1.29 is 24.3 Å². The number of fused-ring (bicyclic) bond motifs is 2. The number of amides is 4. The fourth-order valence-corrected chi connectivity index (χ4v) is 11.9. The van der Waals surface area contributed by atoms with E-state index >= 15 is 0 Å². The Hall–Kier alpha value is -4.98. The topological polar surface area (TPSA) is 157 Å². The second kappa shape index (κ2) is 16.4. The number of hydrogen-bond donors (Lipinski definition) is 4. The van der Waals surface area contributed by atoms with E-state index in [1.807, 2.05) is 49.4 Å². The van der Waals surface area contributed by atoms with E-state index in [-0.39, 0.29) is 24.1 Å². The van der Waals surface area contributed by atoms with Crippen LogP contribution in [0.3, 0.4) is 0 Å². The summed E-state index contributed by atoms with van der Waals surface area (Å²) < 4.78 is 1.01. The zero-order valence-electron chi connectivity index (χ0n) is 35.5. The molecular formula is C48H57N7O5S. The number of pyridine rings is 1. The van der Waals surface area contributed by atoms with Crippen molar-refractivity contribution in [2.24, 2.45) is 17.3 Å². The number of aryl methyl sites for hydroxylation is 1. The van der Waals surface area contributed by atoms with Crippen molar-refractivity contribution in [3.63, 3.8) is 0 Å². The molecule has 0 bridgehead atoms. The number of carbonyl (C=O) groups is 4. The monoisotopic (exact) mass is 843 g/mol. The lowest BCUT2D eigenvalue weighted by molar-refractivity contribution is -0.136. The molecule has 4 amide bonds. The van der Waals surface area contributed by atoms with Gasteiger partial charge in [0.15, 0.2) is 0 Å². The molecule has 2 saturated carbocycles. The average Bonchev–Trinajstić information content (AvgIpc) is 3.75. The Labute approximate surface area is 361 Å². The quantitative estimate of drug-likeness (QED) is 0.110. The number of likely N-dealkylation sites (tertiary alicyclic amines) is 1. The van der Waals surface area contributed by atoms with Crippen LogP contribution in [0.1, 0.15) is 133 Å². The van der Waals surface area contributed by atoms with E-state index < -0.39 is 17.6 Å². The van der Waals surface area contributed by atoms with Gasteiger partial charge < -0.3 is 20.6 Å². The summed E-state index contributed by atoms with van der Waals surface area (Å²) in [6.45, 7) is 13.8. The van der Waals surface area contributed by atoms with Crippen LogP contribution in [0.2, 0.25) is 0 Å². The Kier molecular flexibility index (Phi) is 11.1. The molecule has 2 aromatic carbocycles. The number of anilines is 2.